The number of hydrogen-bond acceptors (Lipinski definition) is 4. The molecule has 6 nitrogen and oxygen atoms in total. The maximum absolute atomic E-state index is 13.6. The monoisotopic (exact) mass is 516 g/mol. The first kappa shape index (κ1) is 25.2. The Hall–Kier alpha value is -4.46. The highest BCUT2D eigenvalue weighted by Crippen LogP contribution is 2.37. The minimum absolute atomic E-state index is 0.0582. The fourth-order valence-electron chi connectivity index (χ4n) is 4.63. The molecule has 0 saturated carbocycles. The summed E-state index contributed by atoms with van der Waals surface area (Å²) in [7, 11) is 0. The average Bonchev–Trinajstić information content (AvgIpc) is 3.40. The summed E-state index contributed by atoms with van der Waals surface area (Å²) in [5, 5.41) is 2.74. The molecule has 1 aromatic heterocycles. The van der Waals surface area contributed by atoms with Gasteiger partial charge in [-0.2, -0.15) is 0 Å². The summed E-state index contributed by atoms with van der Waals surface area (Å²) in [4.78, 5) is 26.6. The number of fused-ring (bicyclic) bond motifs is 1. The average molecular weight is 517 g/mol. The fourth-order valence-corrected chi connectivity index (χ4v) is 4.63. The Morgan fingerprint density at radius 3 is 2.39 bits per heavy atom. The minimum Gasteiger partial charge on any atom is -0.486 e. The number of nitrogens with one attached hydrogen (secondary N) is 1. The van der Waals surface area contributed by atoms with Crippen LogP contribution in [0.1, 0.15) is 51.5 Å². The van der Waals surface area contributed by atoms with Gasteiger partial charge < -0.3 is 19.4 Å². The van der Waals surface area contributed by atoms with Crippen molar-refractivity contribution in [3.8, 4) is 5.75 Å². The van der Waals surface area contributed by atoms with Gasteiger partial charge in [0, 0.05) is 20.0 Å². The van der Waals surface area contributed by atoms with Crippen LogP contribution in [0.5, 0.6) is 5.75 Å². The van der Waals surface area contributed by atoms with E-state index < -0.39 is 0 Å². The number of ether oxygens (including phenoxy) is 1. The first-order valence-corrected chi connectivity index (χ1v) is 12.3. The largest absolute Gasteiger partial charge is 0.486 e. The zero-order valence-electron chi connectivity index (χ0n) is 20.7. The van der Waals surface area contributed by atoms with Crippen molar-refractivity contribution in [3.05, 3.63) is 124 Å². The molecule has 2 amide bonds. The molecule has 4 aromatic rings. The molecule has 1 atom stereocenters. The van der Waals surface area contributed by atoms with Gasteiger partial charge in [0.15, 0.2) is 5.76 Å². The molecule has 0 saturated heterocycles. The number of amides is 2. The molecule has 2 heterocycles. The number of halogens is 2. The van der Waals surface area contributed by atoms with Crippen LogP contribution in [0, 0.1) is 11.6 Å². The lowest BCUT2D eigenvalue weighted by Crippen LogP contribution is -2.39. The Balaban J connectivity index is 1.27. The van der Waals surface area contributed by atoms with Crippen molar-refractivity contribution in [2.45, 2.75) is 32.5 Å². The first-order valence-electron chi connectivity index (χ1n) is 12.3. The zero-order valence-corrected chi connectivity index (χ0v) is 20.7. The molecule has 8 heteroatoms. The van der Waals surface area contributed by atoms with Crippen molar-refractivity contribution in [2.24, 2.45) is 0 Å². The van der Waals surface area contributed by atoms with Crippen molar-refractivity contribution < 1.29 is 27.5 Å². The Labute approximate surface area is 218 Å². The van der Waals surface area contributed by atoms with E-state index >= 15 is 0 Å². The molecular formula is C30H26F2N2O4. The molecule has 1 unspecified atom stereocenters. The third-order valence-corrected chi connectivity index (χ3v) is 6.57. The van der Waals surface area contributed by atoms with Crippen molar-refractivity contribution >= 4 is 11.8 Å². The van der Waals surface area contributed by atoms with Crippen LogP contribution < -0.4 is 10.1 Å². The quantitative estimate of drug-likeness (QED) is 0.349. The van der Waals surface area contributed by atoms with Crippen LogP contribution in [-0.4, -0.2) is 23.3 Å². The van der Waals surface area contributed by atoms with E-state index in [0.29, 0.717) is 24.5 Å². The van der Waals surface area contributed by atoms with Gasteiger partial charge >= 0.3 is 0 Å². The fraction of sp³-hybridized carbons (Fsp3) is 0.200. The van der Waals surface area contributed by atoms with Gasteiger partial charge in [-0.15, -0.1) is 0 Å². The van der Waals surface area contributed by atoms with E-state index in [-0.39, 0.29) is 48.4 Å². The molecule has 0 spiro atoms. The van der Waals surface area contributed by atoms with E-state index in [0.717, 1.165) is 22.3 Å². The molecule has 194 valence electrons. The highest BCUT2D eigenvalue weighted by molar-refractivity contribution is 5.91. The number of furan rings is 1. The molecule has 0 fully saturated rings. The van der Waals surface area contributed by atoms with E-state index in [9.17, 15) is 18.4 Å². The molecule has 1 aliphatic rings. The number of carbonyl (C=O) groups excluding carboxylic acids is 2. The predicted octanol–water partition coefficient (Wildman–Crippen LogP) is 5.56. The van der Waals surface area contributed by atoms with Gasteiger partial charge in [-0.3, -0.25) is 9.59 Å². The normalized spacial score (nSPS) is 14.6. The molecule has 0 bridgehead atoms. The van der Waals surface area contributed by atoms with Gasteiger partial charge in [-0.05, 0) is 77.2 Å². The van der Waals surface area contributed by atoms with Crippen LogP contribution in [0.15, 0.2) is 83.3 Å². The van der Waals surface area contributed by atoms with E-state index in [2.05, 4.69) is 5.32 Å². The summed E-state index contributed by atoms with van der Waals surface area (Å²) in [6.45, 7) is 2.45. The Morgan fingerprint density at radius 1 is 0.974 bits per heavy atom. The second kappa shape index (κ2) is 10.9. The van der Waals surface area contributed by atoms with Crippen LogP contribution in [0.2, 0.25) is 0 Å². The van der Waals surface area contributed by atoms with Gasteiger partial charge in [-0.25, -0.2) is 8.78 Å². The Kier molecular flexibility index (Phi) is 7.22. The van der Waals surface area contributed by atoms with Crippen LogP contribution >= 0.6 is 0 Å². The van der Waals surface area contributed by atoms with Crippen molar-refractivity contribution in [1.29, 1.82) is 0 Å². The SMILES string of the molecule is CC(=O)N1CCc2ccc(OCc3ccc(C(=O)NCc4ccc(F)cc4)o3)cc2C1c1ccc(F)cc1. The van der Waals surface area contributed by atoms with Crippen LogP contribution in [0.25, 0.3) is 0 Å². The highest BCUT2D eigenvalue weighted by Gasteiger charge is 2.31. The summed E-state index contributed by atoms with van der Waals surface area (Å²) in [5.74, 6) is 0.0765. The summed E-state index contributed by atoms with van der Waals surface area (Å²) in [6.07, 6.45) is 0.710. The lowest BCUT2D eigenvalue weighted by atomic mass is 9.88. The summed E-state index contributed by atoms with van der Waals surface area (Å²) >= 11 is 0. The van der Waals surface area contributed by atoms with Crippen molar-refractivity contribution in [2.75, 3.05) is 6.54 Å². The van der Waals surface area contributed by atoms with Gasteiger partial charge in [0.05, 0.1) is 6.04 Å². The maximum Gasteiger partial charge on any atom is 0.287 e. The molecule has 38 heavy (non-hydrogen) atoms. The number of rotatable bonds is 7. The van der Waals surface area contributed by atoms with E-state index in [1.165, 1.54) is 31.2 Å². The second-order valence-corrected chi connectivity index (χ2v) is 9.14. The molecule has 1 aliphatic heterocycles. The topological polar surface area (TPSA) is 71.8 Å². The number of benzene rings is 3. The van der Waals surface area contributed by atoms with E-state index in [1.807, 2.05) is 18.2 Å². The van der Waals surface area contributed by atoms with Gasteiger partial charge in [0.1, 0.15) is 29.8 Å². The number of nitrogens with zero attached hydrogens (tertiary/aromatic N) is 1. The molecule has 0 aliphatic carbocycles. The predicted molar refractivity (Wildman–Crippen MR) is 136 cm³/mol. The highest BCUT2D eigenvalue weighted by atomic mass is 19.1. The van der Waals surface area contributed by atoms with E-state index in [1.54, 1.807) is 41.3 Å². The van der Waals surface area contributed by atoms with Crippen LogP contribution in [0.3, 0.4) is 0 Å². The zero-order chi connectivity index (χ0) is 26.6. The Morgan fingerprint density at radius 2 is 1.68 bits per heavy atom. The molecule has 0 radical (unpaired) electrons. The molecular weight excluding hydrogens is 490 g/mol. The van der Waals surface area contributed by atoms with Crippen LogP contribution in [0.4, 0.5) is 8.78 Å². The number of hydrogen-bond donors (Lipinski definition) is 1. The number of carbonyl (C=O) groups is 2. The standard InChI is InChI=1S/C30H26F2N2O4/c1-19(35)34-15-14-21-6-11-25(16-27(21)29(34)22-4-9-24(32)10-5-22)37-18-26-12-13-28(38-26)30(36)33-17-20-2-7-23(31)8-3-20/h2-13,16,29H,14-15,17-18H2,1H3,(H,33,36). The van der Waals surface area contributed by atoms with Crippen molar-refractivity contribution in [3.63, 3.8) is 0 Å². The summed E-state index contributed by atoms with van der Waals surface area (Å²) in [6, 6.07) is 20.7. The lowest BCUT2D eigenvalue weighted by Gasteiger charge is -2.37. The summed E-state index contributed by atoms with van der Waals surface area (Å²) < 4.78 is 38.2. The third kappa shape index (κ3) is 5.59. The van der Waals surface area contributed by atoms with Gasteiger partial charge in [0.25, 0.3) is 5.91 Å². The van der Waals surface area contributed by atoms with Crippen molar-refractivity contribution in [1.82, 2.24) is 10.2 Å². The summed E-state index contributed by atoms with van der Waals surface area (Å²) in [5.41, 5.74) is 3.62. The lowest BCUT2D eigenvalue weighted by molar-refractivity contribution is -0.130. The van der Waals surface area contributed by atoms with Crippen LogP contribution in [-0.2, 0) is 24.4 Å². The second-order valence-electron chi connectivity index (χ2n) is 9.14. The molecule has 3 aromatic carbocycles. The smallest absolute Gasteiger partial charge is 0.287 e. The third-order valence-electron chi connectivity index (χ3n) is 6.57. The molecule has 5 rings (SSSR count). The maximum atomic E-state index is 13.6. The minimum atomic E-state index is -0.388. The van der Waals surface area contributed by atoms with Gasteiger partial charge in [0.2, 0.25) is 5.91 Å². The Bertz CT molecular complexity index is 1450. The van der Waals surface area contributed by atoms with E-state index in [4.69, 9.17) is 9.15 Å². The first-order chi connectivity index (χ1) is 18.4. The van der Waals surface area contributed by atoms with Gasteiger partial charge in [-0.1, -0.05) is 30.3 Å². The molecule has 1 N–H and O–H groups in total.